The van der Waals surface area contributed by atoms with Gasteiger partial charge in [0.2, 0.25) is 6.10 Å². The maximum Gasteiger partial charge on any atom is 0.266 e. The van der Waals surface area contributed by atoms with Crippen molar-refractivity contribution in [3.8, 4) is 5.75 Å². The zero-order valence-corrected chi connectivity index (χ0v) is 15.2. The Labute approximate surface area is 157 Å². The number of carbonyl (C=O) groups is 1. The highest BCUT2D eigenvalue weighted by Gasteiger charge is 2.26. The largest absolute Gasteiger partial charge is 0.476 e. The summed E-state index contributed by atoms with van der Waals surface area (Å²) in [6.07, 6.45) is 1.09. The molecule has 1 unspecified atom stereocenters. The van der Waals surface area contributed by atoms with Gasteiger partial charge >= 0.3 is 0 Å². The lowest BCUT2D eigenvalue weighted by atomic mass is 10.0. The maximum absolute atomic E-state index is 12.9. The lowest BCUT2D eigenvalue weighted by Crippen LogP contribution is -2.45. The van der Waals surface area contributed by atoms with Crippen LogP contribution in [0.5, 0.6) is 5.75 Å². The Morgan fingerprint density at radius 1 is 1.08 bits per heavy atom. The van der Waals surface area contributed by atoms with Crippen LogP contribution in [0.15, 0.2) is 48.5 Å². The number of hydrogen-bond acceptors (Lipinski definition) is 3. The van der Waals surface area contributed by atoms with E-state index < -0.39 is 6.10 Å². The van der Waals surface area contributed by atoms with E-state index in [0.717, 1.165) is 31.5 Å². The molecule has 0 aliphatic carbocycles. The van der Waals surface area contributed by atoms with Crippen molar-refractivity contribution in [2.24, 2.45) is 0 Å². The average molecular weight is 379 g/mol. The van der Waals surface area contributed by atoms with Crippen LogP contribution >= 0.6 is 23.2 Å². The fraction of sp³-hybridized carbons (Fsp3) is 0.316. The summed E-state index contributed by atoms with van der Waals surface area (Å²) in [7, 11) is 0. The van der Waals surface area contributed by atoms with Crippen molar-refractivity contribution in [1.82, 2.24) is 10.6 Å². The van der Waals surface area contributed by atoms with Crippen molar-refractivity contribution in [2.45, 2.75) is 25.0 Å². The summed E-state index contributed by atoms with van der Waals surface area (Å²) < 4.78 is 5.97. The number of piperidine rings is 1. The standard InChI is InChI=1S/C19H20Cl2N2O2/c20-16-7-6-15(12-17(16)21)25-18(13-4-2-1-3-5-13)19(24)23-14-8-10-22-11-9-14/h1-7,12,14,18,22H,8-11H2,(H,23,24). The highest BCUT2D eigenvalue weighted by Crippen LogP contribution is 2.29. The van der Waals surface area contributed by atoms with Gasteiger partial charge in [-0.1, -0.05) is 53.5 Å². The Balaban J connectivity index is 1.79. The number of rotatable bonds is 5. The van der Waals surface area contributed by atoms with Crippen LogP contribution in [0.25, 0.3) is 0 Å². The predicted octanol–water partition coefficient (Wildman–Crippen LogP) is 3.98. The number of nitrogens with one attached hydrogen (secondary N) is 2. The number of benzene rings is 2. The zero-order chi connectivity index (χ0) is 17.6. The quantitative estimate of drug-likeness (QED) is 0.826. The van der Waals surface area contributed by atoms with Crippen LogP contribution in [-0.4, -0.2) is 25.0 Å². The first-order valence-corrected chi connectivity index (χ1v) is 9.07. The van der Waals surface area contributed by atoms with E-state index in [1.54, 1.807) is 18.2 Å². The van der Waals surface area contributed by atoms with Crippen LogP contribution in [0.2, 0.25) is 10.0 Å². The smallest absolute Gasteiger partial charge is 0.266 e. The molecule has 1 aliphatic heterocycles. The topological polar surface area (TPSA) is 50.4 Å². The van der Waals surface area contributed by atoms with Gasteiger partial charge < -0.3 is 15.4 Å². The van der Waals surface area contributed by atoms with Crippen LogP contribution in [-0.2, 0) is 4.79 Å². The third-order valence-corrected chi connectivity index (χ3v) is 4.91. The molecule has 1 amide bonds. The van der Waals surface area contributed by atoms with Gasteiger partial charge in [-0.2, -0.15) is 0 Å². The average Bonchev–Trinajstić information content (AvgIpc) is 2.64. The molecule has 1 aliphatic rings. The van der Waals surface area contributed by atoms with Crippen molar-refractivity contribution in [1.29, 1.82) is 0 Å². The molecule has 0 saturated carbocycles. The fourth-order valence-corrected chi connectivity index (χ4v) is 3.12. The number of ether oxygens (including phenoxy) is 1. The Hall–Kier alpha value is -1.75. The molecular formula is C19H20Cl2N2O2. The summed E-state index contributed by atoms with van der Waals surface area (Å²) in [5.41, 5.74) is 0.792. The van der Waals surface area contributed by atoms with Gasteiger partial charge in [0, 0.05) is 17.7 Å². The minimum absolute atomic E-state index is 0.149. The van der Waals surface area contributed by atoms with Crippen LogP contribution in [0.4, 0.5) is 0 Å². The van der Waals surface area contributed by atoms with Crippen LogP contribution in [0.1, 0.15) is 24.5 Å². The van der Waals surface area contributed by atoms with Gasteiger partial charge in [0.25, 0.3) is 5.91 Å². The Morgan fingerprint density at radius 2 is 1.80 bits per heavy atom. The van der Waals surface area contributed by atoms with E-state index in [2.05, 4.69) is 10.6 Å². The van der Waals surface area contributed by atoms with Crippen molar-refractivity contribution in [3.63, 3.8) is 0 Å². The monoisotopic (exact) mass is 378 g/mol. The number of halogens is 2. The maximum atomic E-state index is 12.9. The van der Waals surface area contributed by atoms with Gasteiger partial charge in [0.15, 0.2) is 0 Å². The molecule has 1 fully saturated rings. The van der Waals surface area contributed by atoms with Gasteiger partial charge in [-0.05, 0) is 38.1 Å². The van der Waals surface area contributed by atoms with E-state index in [-0.39, 0.29) is 11.9 Å². The molecular weight excluding hydrogens is 359 g/mol. The molecule has 2 aromatic rings. The SMILES string of the molecule is O=C(NC1CCNCC1)C(Oc1ccc(Cl)c(Cl)c1)c1ccccc1. The first-order chi connectivity index (χ1) is 12.1. The van der Waals surface area contributed by atoms with Crippen LogP contribution in [0, 0.1) is 0 Å². The summed E-state index contributed by atoms with van der Waals surface area (Å²) in [6, 6.07) is 14.6. The second kappa shape index (κ2) is 8.56. The van der Waals surface area contributed by atoms with Crippen molar-refractivity contribution in [2.75, 3.05) is 13.1 Å². The molecule has 2 aromatic carbocycles. The van der Waals surface area contributed by atoms with Gasteiger partial charge in [0.1, 0.15) is 5.75 Å². The molecule has 2 N–H and O–H groups in total. The van der Waals surface area contributed by atoms with Gasteiger partial charge in [-0.15, -0.1) is 0 Å². The van der Waals surface area contributed by atoms with Gasteiger partial charge in [-0.25, -0.2) is 0 Å². The number of hydrogen-bond donors (Lipinski definition) is 2. The molecule has 4 nitrogen and oxygen atoms in total. The number of carbonyl (C=O) groups excluding carboxylic acids is 1. The molecule has 1 heterocycles. The minimum atomic E-state index is -0.742. The lowest BCUT2D eigenvalue weighted by Gasteiger charge is -2.26. The fourth-order valence-electron chi connectivity index (χ4n) is 2.83. The van der Waals surface area contributed by atoms with Gasteiger partial charge in [0.05, 0.1) is 10.0 Å². The Kier molecular flexibility index (Phi) is 6.19. The number of amides is 1. The summed E-state index contributed by atoms with van der Waals surface area (Å²) in [6.45, 7) is 1.82. The van der Waals surface area contributed by atoms with Crippen molar-refractivity contribution >= 4 is 29.1 Å². The van der Waals surface area contributed by atoms with Gasteiger partial charge in [-0.3, -0.25) is 4.79 Å². The summed E-state index contributed by atoms with van der Waals surface area (Å²) >= 11 is 12.0. The van der Waals surface area contributed by atoms with E-state index in [9.17, 15) is 4.79 Å². The first-order valence-electron chi connectivity index (χ1n) is 8.31. The lowest BCUT2D eigenvalue weighted by molar-refractivity contribution is -0.129. The predicted molar refractivity (Wildman–Crippen MR) is 100 cm³/mol. The Morgan fingerprint density at radius 3 is 2.48 bits per heavy atom. The van der Waals surface area contributed by atoms with E-state index in [1.807, 2.05) is 30.3 Å². The van der Waals surface area contributed by atoms with E-state index in [1.165, 1.54) is 0 Å². The Bertz CT molecular complexity index is 719. The third kappa shape index (κ3) is 4.88. The molecule has 132 valence electrons. The molecule has 1 saturated heterocycles. The first kappa shape index (κ1) is 18.1. The minimum Gasteiger partial charge on any atom is -0.476 e. The molecule has 25 heavy (non-hydrogen) atoms. The second-order valence-corrected chi connectivity index (χ2v) is 6.83. The highest BCUT2D eigenvalue weighted by atomic mass is 35.5. The van der Waals surface area contributed by atoms with E-state index in [0.29, 0.717) is 15.8 Å². The summed E-state index contributed by atoms with van der Waals surface area (Å²) in [5, 5.41) is 7.23. The van der Waals surface area contributed by atoms with Crippen molar-refractivity contribution in [3.05, 3.63) is 64.1 Å². The van der Waals surface area contributed by atoms with Crippen LogP contribution in [0.3, 0.4) is 0 Å². The molecule has 0 radical (unpaired) electrons. The zero-order valence-electron chi connectivity index (χ0n) is 13.7. The van der Waals surface area contributed by atoms with Crippen molar-refractivity contribution < 1.29 is 9.53 Å². The summed E-state index contributed by atoms with van der Waals surface area (Å²) in [5.74, 6) is 0.355. The summed E-state index contributed by atoms with van der Waals surface area (Å²) in [4.78, 5) is 12.9. The second-order valence-electron chi connectivity index (χ2n) is 6.02. The molecule has 0 spiro atoms. The molecule has 6 heteroatoms. The van der Waals surface area contributed by atoms with E-state index >= 15 is 0 Å². The van der Waals surface area contributed by atoms with E-state index in [4.69, 9.17) is 27.9 Å². The van der Waals surface area contributed by atoms with Crippen LogP contribution < -0.4 is 15.4 Å². The molecule has 0 aromatic heterocycles. The molecule has 1 atom stereocenters. The highest BCUT2D eigenvalue weighted by molar-refractivity contribution is 6.42. The third-order valence-electron chi connectivity index (χ3n) is 4.17. The normalized spacial score (nSPS) is 16.2. The molecule has 0 bridgehead atoms. The molecule has 3 rings (SSSR count).